The Bertz CT molecular complexity index is 510. The third-order valence-corrected chi connectivity index (χ3v) is 3.95. The molecule has 4 heteroatoms. The fourth-order valence-corrected chi connectivity index (χ4v) is 2.59. The van der Waals surface area contributed by atoms with Crippen LogP contribution in [0.15, 0.2) is 47.8 Å². The van der Waals surface area contributed by atoms with Gasteiger partial charge >= 0.3 is 0 Å². The molecule has 0 spiro atoms. The molecule has 1 amide bonds. The molecule has 1 aromatic heterocycles. The van der Waals surface area contributed by atoms with Crippen LogP contribution in [0.2, 0.25) is 0 Å². The zero-order chi connectivity index (χ0) is 13.7. The topological polar surface area (TPSA) is 40.5 Å². The van der Waals surface area contributed by atoms with Crippen molar-refractivity contribution in [1.29, 1.82) is 0 Å². The Labute approximate surface area is 117 Å². The molecule has 2 rings (SSSR count). The van der Waals surface area contributed by atoms with Crippen molar-refractivity contribution in [2.75, 3.05) is 13.6 Å². The van der Waals surface area contributed by atoms with Crippen LogP contribution in [0.4, 0.5) is 0 Å². The molecule has 1 heterocycles. The first-order valence-corrected chi connectivity index (χ1v) is 7.08. The van der Waals surface area contributed by atoms with Crippen LogP contribution in [0, 0.1) is 0 Å². The average Bonchev–Trinajstić information content (AvgIpc) is 2.98. The summed E-state index contributed by atoms with van der Waals surface area (Å²) in [5.41, 5.74) is 0.676. The summed E-state index contributed by atoms with van der Waals surface area (Å²) in [5, 5.41) is 11.9. The third kappa shape index (κ3) is 3.66. The monoisotopic (exact) mass is 275 g/mol. The molecule has 1 aromatic carbocycles. The summed E-state index contributed by atoms with van der Waals surface area (Å²) >= 11 is 1.53. The van der Waals surface area contributed by atoms with E-state index in [9.17, 15) is 9.90 Å². The molecule has 0 radical (unpaired) electrons. The number of thiophene rings is 1. The van der Waals surface area contributed by atoms with E-state index in [0.717, 1.165) is 4.88 Å². The molecule has 1 unspecified atom stereocenters. The number of carbonyl (C=O) groups excluding carboxylic acids is 1. The Morgan fingerprint density at radius 3 is 2.63 bits per heavy atom. The lowest BCUT2D eigenvalue weighted by Crippen LogP contribution is -2.28. The van der Waals surface area contributed by atoms with Crippen molar-refractivity contribution < 1.29 is 9.90 Å². The Hall–Kier alpha value is -1.65. The number of amides is 1. The molecule has 3 nitrogen and oxygen atoms in total. The van der Waals surface area contributed by atoms with Crippen molar-refractivity contribution >= 4 is 17.2 Å². The maximum Gasteiger partial charge on any atom is 0.253 e. The summed E-state index contributed by atoms with van der Waals surface area (Å²) < 4.78 is 0. The largest absolute Gasteiger partial charge is 0.388 e. The molecular formula is C15H17NO2S. The van der Waals surface area contributed by atoms with Gasteiger partial charge in [0, 0.05) is 24.0 Å². The van der Waals surface area contributed by atoms with Gasteiger partial charge in [0.15, 0.2) is 0 Å². The van der Waals surface area contributed by atoms with Gasteiger partial charge in [-0.2, -0.15) is 0 Å². The van der Waals surface area contributed by atoms with Crippen LogP contribution in [0.1, 0.15) is 27.8 Å². The Morgan fingerprint density at radius 1 is 1.26 bits per heavy atom. The fraction of sp³-hybridized carbons (Fsp3) is 0.267. The molecule has 0 bridgehead atoms. The smallest absolute Gasteiger partial charge is 0.253 e. The summed E-state index contributed by atoms with van der Waals surface area (Å²) in [6, 6.07) is 13.0. The van der Waals surface area contributed by atoms with Crippen LogP contribution >= 0.6 is 11.3 Å². The highest BCUT2D eigenvalue weighted by atomic mass is 32.1. The van der Waals surface area contributed by atoms with Gasteiger partial charge in [0.1, 0.15) is 0 Å². The molecule has 0 aliphatic carbocycles. The van der Waals surface area contributed by atoms with Gasteiger partial charge in [-0.25, -0.2) is 0 Å². The Kier molecular flexibility index (Phi) is 4.71. The zero-order valence-electron chi connectivity index (χ0n) is 10.8. The second-order valence-corrected chi connectivity index (χ2v) is 5.39. The van der Waals surface area contributed by atoms with E-state index in [1.54, 1.807) is 24.1 Å². The van der Waals surface area contributed by atoms with Crippen LogP contribution < -0.4 is 0 Å². The lowest BCUT2D eigenvalue weighted by Gasteiger charge is -2.18. The van der Waals surface area contributed by atoms with E-state index >= 15 is 0 Å². The number of hydrogen-bond acceptors (Lipinski definition) is 3. The number of nitrogens with zero attached hydrogens (tertiary/aromatic N) is 1. The number of hydrogen-bond donors (Lipinski definition) is 1. The lowest BCUT2D eigenvalue weighted by molar-refractivity contribution is 0.0763. The Balaban J connectivity index is 1.88. The van der Waals surface area contributed by atoms with Gasteiger partial charge in [-0.3, -0.25) is 4.79 Å². The first kappa shape index (κ1) is 13.8. The summed E-state index contributed by atoms with van der Waals surface area (Å²) in [7, 11) is 1.76. The van der Waals surface area contributed by atoms with Crippen molar-refractivity contribution in [1.82, 2.24) is 4.90 Å². The van der Waals surface area contributed by atoms with E-state index in [0.29, 0.717) is 18.5 Å². The number of carbonyl (C=O) groups is 1. The van der Waals surface area contributed by atoms with Crippen molar-refractivity contribution in [3.8, 4) is 0 Å². The first-order chi connectivity index (χ1) is 9.18. The predicted octanol–water partition coefficient (Wildman–Crippen LogP) is 2.94. The average molecular weight is 275 g/mol. The highest BCUT2D eigenvalue weighted by Gasteiger charge is 2.14. The van der Waals surface area contributed by atoms with Gasteiger partial charge in [-0.15, -0.1) is 11.3 Å². The molecule has 2 aromatic rings. The minimum Gasteiger partial charge on any atom is -0.388 e. The van der Waals surface area contributed by atoms with E-state index in [2.05, 4.69) is 0 Å². The van der Waals surface area contributed by atoms with E-state index in [1.165, 1.54) is 11.3 Å². The maximum atomic E-state index is 12.1. The second-order valence-electron chi connectivity index (χ2n) is 4.41. The van der Waals surface area contributed by atoms with E-state index < -0.39 is 6.10 Å². The highest BCUT2D eigenvalue weighted by Crippen LogP contribution is 2.21. The molecule has 19 heavy (non-hydrogen) atoms. The van der Waals surface area contributed by atoms with Crippen molar-refractivity contribution in [2.45, 2.75) is 12.5 Å². The fourth-order valence-electron chi connectivity index (χ4n) is 1.84. The second kappa shape index (κ2) is 6.50. The number of aliphatic hydroxyl groups excluding tert-OH is 1. The van der Waals surface area contributed by atoms with Gasteiger partial charge in [0.2, 0.25) is 0 Å². The standard InChI is InChI=1S/C15H17NO2S/c1-16(15(18)12-6-3-2-4-7-12)10-9-13(17)14-8-5-11-19-14/h2-8,11,13,17H,9-10H2,1H3. The molecule has 100 valence electrons. The molecule has 0 saturated carbocycles. The lowest BCUT2D eigenvalue weighted by atomic mass is 10.1. The van der Waals surface area contributed by atoms with Crippen molar-refractivity contribution in [3.05, 3.63) is 58.3 Å². The number of rotatable bonds is 5. The summed E-state index contributed by atoms with van der Waals surface area (Å²) in [5.74, 6) is -0.0148. The number of benzene rings is 1. The first-order valence-electron chi connectivity index (χ1n) is 6.20. The normalized spacial score (nSPS) is 12.1. The molecule has 0 fully saturated rings. The van der Waals surface area contributed by atoms with Crippen molar-refractivity contribution in [3.63, 3.8) is 0 Å². The molecule has 0 aliphatic rings. The van der Waals surface area contributed by atoms with Crippen LogP contribution in [0.5, 0.6) is 0 Å². The molecule has 1 atom stereocenters. The molecular weight excluding hydrogens is 258 g/mol. The van der Waals surface area contributed by atoms with Gasteiger partial charge in [0.05, 0.1) is 6.10 Å². The van der Waals surface area contributed by atoms with E-state index in [1.807, 2.05) is 35.7 Å². The van der Waals surface area contributed by atoms with E-state index in [4.69, 9.17) is 0 Å². The van der Waals surface area contributed by atoms with Gasteiger partial charge in [-0.1, -0.05) is 24.3 Å². The van der Waals surface area contributed by atoms with Gasteiger partial charge < -0.3 is 10.0 Å². The SMILES string of the molecule is CN(CCC(O)c1cccs1)C(=O)c1ccccc1. The van der Waals surface area contributed by atoms with Crippen LogP contribution in [0.3, 0.4) is 0 Å². The zero-order valence-corrected chi connectivity index (χ0v) is 11.6. The van der Waals surface area contributed by atoms with Crippen LogP contribution in [0.25, 0.3) is 0 Å². The highest BCUT2D eigenvalue weighted by molar-refractivity contribution is 7.10. The summed E-state index contributed by atoms with van der Waals surface area (Å²) in [6.45, 7) is 0.535. The molecule has 1 N–H and O–H groups in total. The summed E-state index contributed by atoms with van der Waals surface area (Å²) in [4.78, 5) is 14.7. The minimum atomic E-state index is -0.494. The van der Waals surface area contributed by atoms with Gasteiger partial charge in [-0.05, 0) is 30.0 Å². The Morgan fingerprint density at radius 2 is 2.00 bits per heavy atom. The van der Waals surface area contributed by atoms with Crippen LogP contribution in [-0.4, -0.2) is 29.5 Å². The van der Waals surface area contributed by atoms with Gasteiger partial charge in [0.25, 0.3) is 5.91 Å². The number of aliphatic hydroxyl groups is 1. The molecule has 0 saturated heterocycles. The summed E-state index contributed by atoms with van der Waals surface area (Å²) in [6.07, 6.45) is 0.0568. The minimum absolute atomic E-state index is 0.0148. The van der Waals surface area contributed by atoms with Crippen molar-refractivity contribution in [2.24, 2.45) is 0 Å². The quantitative estimate of drug-likeness (QED) is 0.911. The molecule has 0 aliphatic heterocycles. The predicted molar refractivity (Wildman–Crippen MR) is 77.3 cm³/mol. The maximum absolute atomic E-state index is 12.1. The van der Waals surface area contributed by atoms with E-state index in [-0.39, 0.29) is 5.91 Å². The van der Waals surface area contributed by atoms with Crippen LogP contribution in [-0.2, 0) is 0 Å². The third-order valence-electron chi connectivity index (χ3n) is 2.98.